The van der Waals surface area contributed by atoms with Crippen molar-refractivity contribution >= 4 is 16.9 Å². The Bertz CT molecular complexity index is 587. The van der Waals surface area contributed by atoms with Crippen LogP contribution in [0, 0.1) is 0 Å². The predicted octanol–water partition coefficient (Wildman–Crippen LogP) is 2.18. The minimum Gasteiger partial charge on any atom is -0.480 e. The lowest BCUT2D eigenvalue weighted by atomic mass is 10.0. The molecule has 0 unspecified atom stereocenters. The first-order valence-electron chi connectivity index (χ1n) is 6.68. The Labute approximate surface area is 112 Å². The number of rotatable bonds is 6. The Balaban J connectivity index is 2.48. The predicted molar refractivity (Wildman–Crippen MR) is 76.3 cm³/mol. The molecular weight excluding hydrogens is 240 g/mol. The van der Waals surface area contributed by atoms with Crippen LogP contribution in [0.4, 0.5) is 0 Å². The van der Waals surface area contributed by atoms with Gasteiger partial charge in [-0.25, -0.2) is 0 Å². The van der Waals surface area contributed by atoms with E-state index >= 15 is 0 Å². The number of nitrogens with zero attached hydrogens (tertiary/aromatic N) is 1. The lowest BCUT2D eigenvalue weighted by Gasteiger charge is -2.02. The summed E-state index contributed by atoms with van der Waals surface area (Å²) in [5, 5.41) is 10.1. The third-order valence-electron chi connectivity index (χ3n) is 3.39. The van der Waals surface area contributed by atoms with Gasteiger partial charge in [0.1, 0.15) is 6.54 Å². The summed E-state index contributed by atoms with van der Waals surface area (Å²) >= 11 is 0. The summed E-state index contributed by atoms with van der Waals surface area (Å²) in [6.45, 7) is 2.78. The Morgan fingerprint density at radius 2 is 2.21 bits per heavy atom. The van der Waals surface area contributed by atoms with Crippen molar-refractivity contribution in [1.29, 1.82) is 0 Å². The monoisotopic (exact) mass is 260 g/mol. The fourth-order valence-electron chi connectivity index (χ4n) is 2.41. The highest BCUT2D eigenvalue weighted by Crippen LogP contribution is 2.24. The van der Waals surface area contributed by atoms with Gasteiger partial charge in [-0.3, -0.25) is 4.79 Å². The Morgan fingerprint density at radius 3 is 2.84 bits per heavy atom. The quantitative estimate of drug-likeness (QED) is 0.836. The number of aromatic nitrogens is 1. The summed E-state index contributed by atoms with van der Waals surface area (Å²) in [4.78, 5) is 10.9. The Kier molecular flexibility index (Phi) is 4.22. The smallest absolute Gasteiger partial charge is 0.323 e. The number of benzene rings is 1. The number of carboxylic acids is 1. The molecule has 102 valence electrons. The molecule has 0 saturated carbocycles. The van der Waals surface area contributed by atoms with E-state index in [0.717, 1.165) is 30.2 Å². The van der Waals surface area contributed by atoms with E-state index in [2.05, 4.69) is 19.1 Å². The lowest BCUT2D eigenvalue weighted by Crippen LogP contribution is -2.07. The molecule has 0 aliphatic rings. The van der Waals surface area contributed by atoms with E-state index in [1.54, 1.807) is 0 Å². The Hall–Kier alpha value is -1.81. The highest BCUT2D eigenvalue weighted by Gasteiger charge is 2.10. The SMILES string of the molecule is CCc1ccc2c(c1)c(CCCN)cn2CC(=O)O. The molecule has 0 fully saturated rings. The molecule has 2 aromatic rings. The molecule has 1 heterocycles. The van der Waals surface area contributed by atoms with Crippen molar-refractivity contribution in [3.63, 3.8) is 0 Å². The van der Waals surface area contributed by atoms with Gasteiger partial charge >= 0.3 is 5.97 Å². The van der Waals surface area contributed by atoms with E-state index in [1.165, 1.54) is 11.1 Å². The minimum absolute atomic E-state index is 0.00456. The van der Waals surface area contributed by atoms with Crippen LogP contribution in [0.25, 0.3) is 10.9 Å². The highest BCUT2D eigenvalue weighted by atomic mass is 16.4. The molecule has 3 N–H and O–H groups in total. The zero-order valence-electron chi connectivity index (χ0n) is 11.2. The molecule has 0 aliphatic heterocycles. The zero-order chi connectivity index (χ0) is 13.8. The zero-order valence-corrected chi connectivity index (χ0v) is 11.2. The average molecular weight is 260 g/mol. The van der Waals surface area contributed by atoms with Crippen molar-refractivity contribution in [1.82, 2.24) is 4.57 Å². The van der Waals surface area contributed by atoms with Crippen LogP contribution in [-0.2, 0) is 24.2 Å². The molecule has 0 radical (unpaired) electrons. The van der Waals surface area contributed by atoms with Gasteiger partial charge < -0.3 is 15.4 Å². The van der Waals surface area contributed by atoms with Gasteiger partial charge in [-0.1, -0.05) is 13.0 Å². The summed E-state index contributed by atoms with van der Waals surface area (Å²) < 4.78 is 1.81. The van der Waals surface area contributed by atoms with Crippen molar-refractivity contribution in [2.24, 2.45) is 5.73 Å². The highest BCUT2D eigenvalue weighted by molar-refractivity contribution is 5.86. The fraction of sp³-hybridized carbons (Fsp3) is 0.400. The molecule has 19 heavy (non-hydrogen) atoms. The van der Waals surface area contributed by atoms with Gasteiger partial charge in [-0.15, -0.1) is 0 Å². The summed E-state index contributed by atoms with van der Waals surface area (Å²) in [6.07, 6.45) is 4.75. The van der Waals surface area contributed by atoms with Gasteiger partial charge in [-0.2, -0.15) is 0 Å². The van der Waals surface area contributed by atoms with Gasteiger partial charge in [0, 0.05) is 17.1 Å². The molecule has 4 nitrogen and oxygen atoms in total. The second-order valence-corrected chi connectivity index (χ2v) is 4.77. The van der Waals surface area contributed by atoms with Crippen LogP contribution in [0.15, 0.2) is 24.4 Å². The number of carbonyl (C=O) groups is 1. The second kappa shape index (κ2) is 5.89. The molecule has 0 amide bonds. The first-order valence-corrected chi connectivity index (χ1v) is 6.68. The van der Waals surface area contributed by atoms with Crippen LogP contribution < -0.4 is 5.73 Å². The minimum atomic E-state index is -0.818. The topological polar surface area (TPSA) is 68.2 Å². The Morgan fingerprint density at radius 1 is 1.42 bits per heavy atom. The molecule has 1 aromatic heterocycles. The molecule has 1 aromatic carbocycles. The number of aryl methyl sites for hydroxylation is 2. The number of aliphatic carboxylic acids is 1. The van der Waals surface area contributed by atoms with E-state index in [4.69, 9.17) is 10.8 Å². The van der Waals surface area contributed by atoms with Crippen LogP contribution in [0.3, 0.4) is 0 Å². The summed E-state index contributed by atoms with van der Waals surface area (Å²) in [5.74, 6) is -0.818. The molecule has 2 rings (SSSR count). The van der Waals surface area contributed by atoms with Crippen molar-refractivity contribution in [2.45, 2.75) is 32.7 Å². The van der Waals surface area contributed by atoms with Crippen LogP contribution in [0.5, 0.6) is 0 Å². The van der Waals surface area contributed by atoms with Gasteiger partial charge in [0.2, 0.25) is 0 Å². The summed E-state index contributed by atoms with van der Waals surface area (Å²) in [7, 11) is 0. The largest absolute Gasteiger partial charge is 0.480 e. The van der Waals surface area contributed by atoms with Crippen molar-refractivity contribution in [3.8, 4) is 0 Å². The van der Waals surface area contributed by atoms with Crippen molar-refractivity contribution in [3.05, 3.63) is 35.5 Å². The van der Waals surface area contributed by atoms with E-state index in [0.29, 0.717) is 6.54 Å². The summed E-state index contributed by atoms with van der Waals surface area (Å²) in [6, 6.07) is 6.25. The van der Waals surface area contributed by atoms with Gasteiger partial charge in [-0.05, 0) is 49.1 Å². The second-order valence-electron chi connectivity index (χ2n) is 4.77. The molecule has 0 bridgehead atoms. The van der Waals surface area contributed by atoms with Gasteiger partial charge in [0.15, 0.2) is 0 Å². The van der Waals surface area contributed by atoms with Gasteiger partial charge in [0.05, 0.1) is 0 Å². The number of nitrogens with two attached hydrogens (primary N) is 1. The van der Waals surface area contributed by atoms with Crippen LogP contribution in [0.1, 0.15) is 24.5 Å². The molecule has 0 aliphatic carbocycles. The van der Waals surface area contributed by atoms with Crippen LogP contribution in [0.2, 0.25) is 0 Å². The number of hydrogen-bond donors (Lipinski definition) is 2. The standard InChI is InChI=1S/C15H20N2O2/c1-2-11-5-6-14-13(8-11)12(4-3-7-16)9-17(14)10-15(18)19/h5-6,8-9H,2-4,7,10,16H2,1H3,(H,18,19). The van der Waals surface area contributed by atoms with Crippen LogP contribution >= 0.6 is 0 Å². The molecule has 0 saturated heterocycles. The first kappa shape index (κ1) is 13.6. The van der Waals surface area contributed by atoms with E-state index in [1.807, 2.05) is 16.8 Å². The normalized spacial score (nSPS) is 11.1. The van der Waals surface area contributed by atoms with Crippen molar-refractivity contribution in [2.75, 3.05) is 6.54 Å². The maximum Gasteiger partial charge on any atom is 0.323 e. The first-order chi connectivity index (χ1) is 9.15. The molecular formula is C15H20N2O2. The molecule has 0 atom stereocenters. The van der Waals surface area contributed by atoms with Crippen LogP contribution in [-0.4, -0.2) is 22.2 Å². The maximum absolute atomic E-state index is 10.9. The fourth-order valence-corrected chi connectivity index (χ4v) is 2.41. The third kappa shape index (κ3) is 2.96. The number of fused-ring (bicyclic) bond motifs is 1. The van der Waals surface area contributed by atoms with E-state index < -0.39 is 5.97 Å². The van der Waals surface area contributed by atoms with Gasteiger partial charge in [0.25, 0.3) is 0 Å². The molecule has 4 heteroatoms. The third-order valence-corrected chi connectivity index (χ3v) is 3.39. The van der Waals surface area contributed by atoms with Crippen molar-refractivity contribution < 1.29 is 9.90 Å². The number of hydrogen-bond acceptors (Lipinski definition) is 2. The van der Waals surface area contributed by atoms with E-state index in [9.17, 15) is 4.79 Å². The summed E-state index contributed by atoms with van der Waals surface area (Å²) in [5.41, 5.74) is 9.02. The lowest BCUT2D eigenvalue weighted by molar-refractivity contribution is -0.137. The average Bonchev–Trinajstić information content (AvgIpc) is 2.73. The number of carboxylic acid groups (broad SMARTS) is 1. The maximum atomic E-state index is 10.9. The van der Waals surface area contributed by atoms with E-state index in [-0.39, 0.29) is 6.54 Å². The molecule has 0 spiro atoms.